The van der Waals surface area contributed by atoms with Crippen LogP contribution in [0.3, 0.4) is 0 Å². The van der Waals surface area contributed by atoms with E-state index < -0.39 is 11.6 Å². The third-order valence-corrected chi connectivity index (χ3v) is 3.26. The Hall–Kier alpha value is -1.52. The van der Waals surface area contributed by atoms with E-state index in [1.807, 2.05) is 6.92 Å². The zero-order chi connectivity index (χ0) is 14.5. The van der Waals surface area contributed by atoms with E-state index in [4.69, 9.17) is 11.6 Å². The molecular weight excluding hydrogens is 282 g/mol. The molecule has 0 amide bonds. The maximum absolute atomic E-state index is 13.3. The molecule has 20 heavy (non-hydrogen) atoms. The van der Waals surface area contributed by atoms with Gasteiger partial charge in [0.25, 0.3) is 0 Å². The molecule has 0 bridgehead atoms. The standard InChI is InChI=1S/C15H15ClF2N2/c1-2-5-20-15(10-6-12(18)9-19-8-10)13-4-3-11(17)7-14(13)16/h3-4,6-9,15,20H,2,5H2,1H3. The average molecular weight is 297 g/mol. The van der Waals surface area contributed by atoms with Gasteiger partial charge in [-0.25, -0.2) is 8.78 Å². The van der Waals surface area contributed by atoms with Gasteiger partial charge in [-0.05, 0) is 42.3 Å². The summed E-state index contributed by atoms with van der Waals surface area (Å²) in [5.74, 6) is -0.811. The molecule has 1 aromatic carbocycles. The third kappa shape index (κ3) is 3.52. The molecule has 0 saturated carbocycles. The molecule has 2 aromatic rings. The molecule has 0 aliphatic heterocycles. The second-order valence-corrected chi connectivity index (χ2v) is 4.90. The predicted molar refractivity (Wildman–Crippen MR) is 75.7 cm³/mol. The van der Waals surface area contributed by atoms with Crippen molar-refractivity contribution in [1.82, 2.24) is 10.3 Å². The topological polar surface area (TPSA) is 24.9 Å². The lowest BCUT2D eigenvalue weighted by atomic mass is 9.99. The van der Waals surface area contributed by atoms with Gasteiger partial charge < -0.3 is 5.32 Å². The van der Waals surface area contributed by atoms with Crippen molar-refractivity contribution in [3.63, 3.8) is 0 Å². The highest BCUT2D eigenvalue weighted by molar-refractivity contribution is 6.31. The van der Waals surface area contributed by atoms with Crippen LogP contribution in [0.1, 0.15) is 30.5 Å². The van der Waals surface area contributed by atoms with E-state index in [0.717, 1.165) is 19.2 Å². The first kappa shape index (κ1) is 14.9. The molecule has 0 radical (unpaired) electrons. The van der Waals surface area contributed by atoms with E-state index in [0.29, 0.717) is 16.1 Å². The fourth-order valence-corrected chi connectivity index (χ4v) is 2.29. The second-order valence-electron chi connectivity index (χ2n) is 4.49. The smallest absolute Gasteiger partial charge is 0.141 e. The SMILES string of the molecule is CCCNC(c1cncc(F)c1)c1ccc(F)cc1Cl. The summed E-state index contributed by atoms with van der Waals surface area (Å²) in [7, 11) is 0. The Kier molecular flexibility index (Phi) is 5.04. The lowest BCUT2D eigenvalue weighted by Crippen LogP contribution is -2.23. The van der Waals surface area contributed by atoms with Crippen molar-refractivity contribution < 1.29 is 8.78 Å². The second kappa shape index (κ2) is 6.77. The molecule has 0 fully saturated rings. The summed E-state index contributed by atoms with van der Waals surface area (Å²) < 4.78 is 26.5. The normalized spacial score (nSPS) is 12.4. The first-order valence-electron chi connectivity index (χ1n) is 6.40. The van der Waals surface area contributed by atoms with Crippen molar-refractivity contribution in [3.05, 3.63) is 64.4 Å². The van der Waals surface area contributed by atoms with Crippen molar-refractivity contribution in [2.75, 3.05) is 6.54 Å². The minimum atomic E-state index is -0.413. The predicted octanol–water partition coefficient (Wildman–Crippen LogP) is 4.10. The van der Waals surface area contributed by atoms with Crippen LogP contribution in [0.15, 0.2) is 36.7 Å². The first-order chi connectivity index (χ1) is 9.61. The number of benzene rings is 1. The zero-order valence-electron chi connectivity index (χ0n) is 11.0. The Bertz CT molecular complexity index is 590. The van der Waals surface area contributed by atoms with Crippen LogP contribution in [-0.4, -0.2) is 11.5 Å². The molecule has 106 valence electrons. The van der Waals surface area contributed by atoms with Gasteiger partial charge in [-0.15, -0.1) is 0 Å². The van der Waals surface area contributed by atoms with Crippen molar-refractivity contribution in [1.29, 1.82) is 0 Å². The van der Waals surface area contributed by atoms with Gasteiger partial charge in [-0.1, -0.05) is 24.6 Å². The molecule has 1 unspecified atom stereocenters. The minimum Gasteiger partial charge on any atom is -0.306 e. The van der Waals surface area contributed by atoms with Gasteiger partial charge in [-0.3, -0.25) is 4.98 Å². The molecule has 1 heterocycles. The number of halogens is 3. The van der Waals surface area contributed by atoms with E-state index in [9.17, 15) is 8.78 Å². The largest absolute Gasteiger partial charge is 0.306 e. The highest BCUT2D eigenvalue weighted by Crippen LogP contribution is 2.29. The maximum atomic E-state index is 13.3. The number of nitrogens with zero attached hydrogens (tertiary/aromatic N) is 1. The van der Waals surface area contributed by atoms with Crippen LogP contribution in [-0.2, 0) is 0 Å². The van der Waals surface area contributed by atoms with E-state index >= 15 is 0 Å². The Morgan fingerprint density at radius 3 is 2.65 bits per heavy atom. The quantitative estimate of drug-likeness (QED) is 0.898. The van der Waals surface area contributed by atoms with Crippen molar-refractivity contribution in [2.45, 2.75) is 19.4 Å². The highest BCUT2D eigenvalue weighted by atomic mass is 35.5. The zero-order valence-corrected chi connectivity index (χ0v) is 11.8. The number of nitrogens with one attached hydrogen (secondary N) is 1. The third-order valence-electron chi connectivity index (χ3n) is 2.93. The number of hydrogen-bond donors (Lipinski definition) is 1. The van der Waals surface area contributed by atoms with Gasteiger partial charge in [-0.2, -0.15) is 0 Å². The lowest BCUT2D eigenvalue weighted by molar-refractivity contribution is 0.578. The molecule has 0 saturated heterocycles. The molecule has 2 nitrogen and oxygen atoms in total. The van der Waals surface area contributed by atoms with E-state index in [-0.39, 0.29) is 6.04 Å². The van der Waals surface area contributed by atoms with Crippen molar-refractivity contribution in [2.24, 2.45) is 0 Å². The van der Waals surface area contributed by atoms with Gasteiger partial charge in [0.05, 0.1) is 12.2 Å². The van der Waals surface area contributed by atoms with Crippen LogP contribution >= 0.6 is 11.6 Å². The maximum Gasteiger partial charge on any atom is 0.141 e. The first-order valence-corrected chi connectivity index (χ1v) is 6.78. The van der Waals surface area contributed by atoms with Crippen molar-refractivity contribution >= 4 is 11.6 Å². The van der Waals surface area contributed by atoms with E-state index in [1.54, 1.807) is 12.3 Å². The molecule has 2 rings (SSSR count). The molecule has 0 aliphatic rings. The Morgan fingerprint density at radius 2 is 2.00 bits per heavy atom. The van der Waals surface area contributed by atoms with Gasteiger partial charge in [0.1, 0.15) is 11.6 Å². The fraction of sp³-hybridized carbons (Fsp3) is 0.267. The molecule has 5 heteroatoms. The van der Waals surface area contributed by atoms with Gasteiger partial charge >= 0.3 is 0 Å². The molecular formula is C15H15ClF2N2. The summed E-state index contributed by atoms with van der Waals surface area (Å²) in [6.45, 7) is 2.76. The number of pyridine rings is 1. The molecule has 1 atom stereocenters. The lowest BCUT2D eigenvalue weighted by Gasteiger charge is -2.20. The van der Waals surface area contributed by atoms with Gasteiger partial charge in [0.2, 0.25) is 0 Å². The molecule has 0 aliphatic carbocycles. The Labute approximate surface area is 121 Å². The van der Waals surface area contributed by atoms with Gasteiger partial charge in [0, 0.05) is 11.2 Å². The average Bonchev–Trinajstić information content (AvgIpc) is 2.41. The molecule has 1 N–H and O–H groups in total. The van der Waals surface area contributed by atoms with Crippen LogP contribution in [0.25, 0.3) is 0 Å². The fourth-order valence-electron chi connectivity index (χ4n) is 2.02. The summed E-state index contributed by atoms with van der Waals surface area (Å²) in [4.78, 5) is 3.85. The van der Waals surface area contributed by atoms with E-state index in [2.05, 4.69) is 10.3 Å². The van der Waals surface area contributed by atoms with Crippen LogP contribution < -0.4 is 5.32 Å². The van der Waals surface area contributed by atoms with E-state index in [1.165, 1.54) is 18.2 Å². The summed E-state index contributed by atoms with van der Waals surface area (Å²) in [6.07, 6.45) is 3.64. The highest BCUT2D eigenvalue weighted by Gasteiger charge is 2.17. The summed E-state index contributed by atoms with van der Waals surface area (Å²) in [5, 5.41) is 3.58. The number of rotatable bonds is 5. The van der Waals surface area contributed by atoms with Crippen LogP contribution in [0.5, 0.6) is 0 Å². The van der Waals surface area contributed by atoms with Crippen molar-refractivity contribution in [3.8, 4) is 0 Å². The number of hydrogen-bond acceptors (Lipinski definition) is 2. The minimum absolute atomic E-state index is 0.308. The Balaban J connectivity index is 2.41. The molecule has 0 spiro atoms. The van der Waals surface area contributed by atoms with Crippen LogP contribution in [0.4, 0.5) is 8.78 Å². The van der Waals surface area contributed by atoms with Gasteiger partial charge in [0.15, 0.2) is 0 Å². The number of aromatic nitrogens is 1. The van der Waals surface area contributed by atoms with Crippen LogP contribution in [0, 0.1) is 11.6 Å². The van der Waals surface area contributed by atoms with Crippen LogP contribution in [0.2, 0.25) is 5.02 Å². The summed E-state index contributed by atoms with van der Waals surface area (Å²) in [6, 6.07) is 5.29. The molecule has 1 aromatic heterocycles. The summed E-state index contributed by atoms with van der Waals surface area (Å²) >= 11 is 6.10. The monoisotopic (exact) mass is 296 g/mol. The summed E-state index contributed by atoms with van der Waals surface area (Å²) in [5.41, 5.74) is 1.36. The Morgan fingerprint density at radius 1 is 1.20 bits per heavy atom.